The molecule has 1 saturated heterocycles. The van der Waals surface area contributed by atoms with E-state index in [2.05, 4.69) is 42.7 Å². The van der Waals surface area contributed by atoms with Gasteiger partial charge in [-0.1, -0.05) is 19.9 Å². The van der Waals surface area contributed by atoms with E-state index in [4.69, 9.17) is 4.74 Å². The predicted octanol–water partition coefficient (Wildman–Crippen LogP) is 2.27. The van der Waals surface area contributed by atoms with E-state index in [1.165, 1.54) is 0 Å². The molecular weight excluding hydrogens is 340 g/mol. The van der Waals surface area contributed by atoms with Crippen LogP contribution in [0.25, 0.3) is 0 Å². The number of benzene rings is 1. The van der Waals surface area contributed by atoms with E-state index in [1.54, 1.807) is 0 Å². The number of hydrogen-bond acceptors (Lipinski definition) is 5. The number of piperazine rings is 1. The summed E-state index contributed by atoms with van der Waals surface area (Å²) in [6.45, 7) is 12.2. The van der Waals surface area contributed by atoms with E-state index in [1.807, 2.05) is 24.0 Å². The molecule has 2 aliphatic rings. The standard InChI is InChI=1S/C21H30N4O2/c1-15(2)19(12-22)23-7-9-24(10-8-23)21(26)14-25-13-17(4)27-20-6-5-16(3)11-18(20)25/h5-6,11,15,17,19H,7-10,13-14H2,1-4H3/t17-,19+/m1/s1. The third kappa shape index (κ3) is 4.36. The third-order valence-corrected chi connectivity index (χ3v) is 5.41. The van der Waals surface area contributed by atoms with Crippen molar-refractivity contribution in [2.45, 2.75) is 39.8 Å². The largest absolute Gasteiger partial charge is 0.487 e. The van der Waals surface area contributed by atoms with E-state index < -0.39 is 0 Å². The smallest absolute Gasteiger partial charge is 0.242 e. The lowest BCUT2D eigenvalue weighted by Gasteiger charge is -2.40. The molecule has 0 spiro atoms. The number of anilines is 1. The van der Waals surface area contributed by atoms with E-state index in [9.17, 15) is 10.1 Å². The van der Waals surface area contributed by atoms with Gasteiger partial charge in [0.05, 0.1) is 24.8 Å². The zero-order valence-electron chi connectivity index (χ0n) is 16.8. The van der Waals surface area contributed by atoms with Gasteiger partial charge in [0.2, 0.25) is 5.91 Å². The highest BCUT2D eigenvalue weighted by atomic mass is 16.5. The summed E-state index contributed by atoms with van der Waals surface area (Å²) in [4.78, 5) is 19.2. The molecule has 0 unspecified atom stereocenters. The summed E-state index contributed by atoms with van der Waals surface area (Å²) in [5.74, 6) is 1.30. The fraction of sp³-hybridized carbons (Fsp3) is 0.619. The monoisotopic (exact) mass is 370 g/mol. The summed E-state index contributed by atoms with van der Waals surface area (Å²) < 4.78 is 5.92. The van der Waals surface area contributed by atoms with E-state index in [0.717, 1.165) is 30.1 Å². The molecule has 2 aliphatic heterocycles. The summed E-state index contributed by atoms with van der Waals surface area (Å²) in [6.07, 6.45) is 0.0623. The highest BCUT2D eigenvalue weighted by molar-refractivity contribution is 5.82. The number of fused-ring (bicyclic) bond motifs is 1. The van der Waals surface area contributed by atoms with E-state index in [-0.39, 0.29) is 18.1 Å². The lowest BCUT2D eigenvalue weighted by molar-refractivity contribution is -0.131. The van der Waals surface area contributed by atoms with E-state index in [0.29, 0.717) is 32.1 Å². The number of amides is 1. The van der Waals surface area contributed by atoms with Gasteiger partial charge in [0, 0.05) is 26.2 Å². The lowest BCUT2D eigenvalue weighted by Crippen LogP contribution is -2.55. The van der Waals surface area contributed by atoms with Crippen molar-refractivity contribution in [2.24, 2.45) is 5.92 Å². The van der Waals surface area contributed by atoms with Crippen LogP contribution < -0.4 is 9.64 Å². The fourth-order valence-electron chi connectivity index (χ4n) is 3.95. The fourth-order valence-corrected chi connectivity index (χ4v) is 3.95. The van der Waals surface area contributed by atoms with Crippen LogP contribution in [0.4, 0.5) is 5.69 Å². The van der Waals surface area contributed by atoms with Crippen LogP contribution in [0.1, 0.15) is 26.3 Å². The van der Waals surface area contributed by atoms with Crippen LogP contribution in [0.2, 0.25) is 0 Å². The molecule has 3 rings (SSSR count). The Morgan fingerprint density at radius 3 is 2.63 bits per heavy atom. The minimum Gasteiger partial charge on any atom is -0.487 e. The van der Waals surface area contributed by atoms with Crippen molar-refractivity contribution in [2.75, 3.05) is 44.2 Å². The van der Waals surface area contributed by atoms with Gasteiger partial charge in [-0.25, -0.2) is 0 Å². The van der Waals surface area contributed by atoms with Gasteiger partial charge in [0.15, 0.2) is 0 Å². The number of nitriles is 1. The Morgan fingerprint density at radius 1 is 1.30 bits per heavy atom. The molecular formula is C21H30N4O2. The van der Waals surface area contributed by atoms with Crippen molar-refractivity contribution in [3.63, 3.8) is 0 Å². The van der Waals surface area contributed by atoms with Crippen LogP contribution in [-0.4, -0.2) is 67.1 Å². The van der Waals surface area contributed by atoms with Gasteiger partial charge < -0.3 is 14.5 Å². The number of carbonyl (C=O) groups excluding carboxylic acids is 1. The zero-order valence-corrected chi connectivity index (χ0v) is 16.8. The van der Waals surface area contributed by atoms with Crippen molar-refractivity contribution >= 4 is 11.6 Å². The van der Waals surface area contributed by atoms with Crippen molar-refractivity contribution in [3.05, 3.63) is 23.8 Å². The summed E-state index contributed by atoms with van der Waals surface area (Å²) in [5, 5.41) is 9.39. The number of ether oxygens (including phenoxy) is 1. The molecule has 146 valence electrons. The number of rotatable bonds is 4. The van der Waals surface area contributed by atoms with Crippen LogP contribution >= 0.6 is 0 Å². The van der Waals surface area contributed by atoms with Crippen molar-refractivity contribution < 1.29 is 9.53 Å². The second-order valence-corrected chi connectivity index (χ2v) is 8.01. The first-order chi connectivity index (χ1) is 12.9. The maximum Gasteiger partial charge on any atom is 0.242 e. The molecule has 2 atom stereocenters. The van der Waals surface area contributed by atoms with Gasteiger partial charge in [-0.05, 0) is 37.5 Å². The van der Waals surface area contributed by atoms with Gasteiger partial charge in [0.1, 0.15) is 17.9 Å². The molecule has 0 radical (unpaired) electrons. The van der Waals surface area contributed by atoms with Gasteiger partial charge in [-0.2, -0.15) is 5.26 Å². The molecule has 27 heavy (non-hydrogen) atoms. The first-order valence-corrected chi connectivity index (χ1v) is 9.82. The maximum absolute atomic E-state index is 12.9. The normalized spacial score (nSPS) is 21.4. The Labute approximate surface area is 162 Å². The van der Waals surface area contributed by atoms with Crippen LogP contribution in [-0.2, 0) is 4.79 Å². The van der Waals surface area contributed by atoms with Crippen molar-refractivity contribution in [1.29, 1.82) is 5.26 Å². The number of aryl methyl sites for hydroxylation is 1. The van der Waals surface area contributed by atoms with Crippen LogP contribution in [0.3, 0.4) is 0 Å². The minimum atomic E-state index is -0.0720. The summed E-state index contributed by atoms with van der Waals surface area (Å²) in [7, 11) is 0. The summed E-state index contributed by atoms with van der Waals surface area (Å²) >= 11 is 0. The average molecular weight is 370 g/mol. The van der Waals surface area contributed by atoms with Crippen LogP contribution in [0, 0.1) is 24.2 Å². The molecule has 0 saturated carbocycles. The Bertz CT molecular complexity index is 719. The number of carbonyl (C=O) groups is 1. The lowest BCUT2D eigenvalue weighted by atomic mass is 10.0. The third-order valence-electron chi connectivity index (χ3n) is 5.41. The molecule has 0 aliphatic carbocycles. The SMILES string of the molecule is Cc1ccc2c(c1)N(CC(=O)N1CCN([C@@H](C#N)C(C)C)CC1)C[C@@H](C)O2. The second kappa shape index (κ2) is 8.18. The molecule has 0 bridgehead atoms. The molecule has 1 aromatic carbocycles. The Balaban J connectivity index is 1.62. The Morgan fingerprint density at radius 2 is 2.00 bits per heavy atom. The highest BCUT2D eigenvalue weighted by Gasteiger charge is 2.30. The second-order valence-electron chi connectivity index (χ2n) is 8.01. The van der Waals surface area contributed by atoms with Gasteiger partial charge in [-0.15, -0.1) is 0 Å². The minimum absolute atomic E-state index is 0.0623. The van der Waals surface area contributed by atoms with Crippen LogP contribution in [0.5, 0.6) is 5.75 Å². The van der Waals surface area contributed by atoms with Gasteiger partial charge in [0.25, 0.3) is 0 Å². The van der Waals surface area contributed by atoms with Crippen molar-refractivity contribution in [1.82, 2.24) is 9.80 Å². The first kappa shape index (κ1) is 19.5. The molecule has 6 heteroatoms. The molecule has 0 N–H and O–H groups in total. The molecule has 1 aromatic rings. The zero-order chi connectivity index (χ0) is 19.6. The summed E-state index contributed by atoms with van der Waals surface area (Å²) in [6, 6.07) is 8.45. The molecule has 1 amide bonds. The van der Waals surface area contributed by atoms with Crippen molar-refractivity contribution in [3.8, 4) is 11.8 Å². The predicted molar refractivity (Wildman–Crippen MR) is 106 cm³/mol. The van der Waals surface area contributed by atoms with E-state index >= 15 is 0 Å². The van der Waals surface area contributed by atoms with Gasteiger partial charge >= 0.3 is 0 Å². The van der Waals surface area contributed by atoms with Gasteiger partial charge in [-0.3, -0.25) is 9.69 Å². The average Bonchev–Trinajstić information content (AvgIpc) is 2.63. The number of nitrogens with zero attached hydrogens (tertiary/aromatic N) is 4. The molecule has 6 nitrogen and oxygen atoms in total. The molecule has 0 aromatic heterocycles. The highest BCUT2D eigenvalue weighted by Crippen LogP contribution is 2.34. The quantitative estimate of drug-likeness (QED) is 0.814. The molecule has 1 fully saturated rings. The van der Waals surface area contributed by atoms with Crippen LogP contribution in [0.15, 0.2) is 18.2 Å². The Kier molecular flexibility index (Phi) is 5.91. The maximum atomic E-state index is 12.9. The Hall–Kier alpha value is -2.26. The topological polar surface area (TPSA) is 59.8 Å². The first-order valence-electron chi connectivity index (χ1n) is 9.82. The molecule has 2 heterocycles. The number of hydrogen-bond donors (Lipinski definition) is 0. The summed E-state index contributed by atoms with van der Waals surface area (Å²) in [5.41, 5.74) is 2.17.